The molecule has 3 saturated heterocycles. The average Bonchev–Trinajstić information content (AvgIpc) is 3.29. The quantitative estimate of drug-likeness (QED) is 0.0892. The van der Waals surface area contributed by atoms with Gasteiger partial charge >= 0.3 is 0 Å². The van der Waals surface area contributed by atoms with Crippen LogP contribution in [0.1, 0.15) is 99.8 Å². The number of hydrogen-bond donors (Lipinski definition) is 12. The highest BCUT2D eigenvalue weighted by Gasteiger charge is 2.72. The van der Waals surface area contributed by atoms with Crippen LogP contribution in [-0.4, -0.2) is 205 Å². The Hall–Kier alpha value is -1.02. The maximum absolute atomic E-state index is 12.2. The van der Waals surface area contributed by atoms with E-state index in [1.165, 1.54) is 12.5 Å². The van der Waals surface area contributed by atoms with Gasteiger partial charge in [0.05, 0.1) is 50.8 Å². The normalized spacial score (nSPS) is 55.8. The van der Waals surface area contributed by atoms with Gasteiger partial charge in [-0.05, 0) is 91.8 Å². The molecule has 3 aliphatic heterocycles. The number of aliphatic hydroxyl groups is 12. The highest BCUT2D eigenvalue weighted by molar-refractivity contribution is 5.37. The monoisotopic (exact) mass is 975 g/mol. The van der Waals surface area contributed by atoms with E-state index in [4.69, 9.17) is 33.2 Å². The van der Waals surface area contributed by atoms with Crippen LogP contribution in [0.25, 0.3) is 0 Å². The van der Waals surface area contributed by atoms with E-state index in [1.54, 1.807) is 7.11 Å². The van der Waals surface area contributed by atoms with Gasteiger partial charge in [0.15, 0.2) is 18.9 Å². The Morgan fingerprint density at radius 1 is 0.647 bits per heavy atom. The molecule has 0 amide bonds. The summed E-state index contributed by atoms with van der Waals surface area (Å²) in [6.45, 7) is 13.2. The van der Waals surface area contributed by atoms with Crippen LogP contribution in [-0.2, 0) is 33.2 Å². The summed E-state index contributed by atoms with van der Waals surface area (Å²) in [6.07, 6.45) is -17.8. The predicted octanol–water partition coefficient (Wildman–Crippen LogP) is -0.790. The van der Waals surface area contributed by atoms with Crippen LogP contribution in [0.4, 0.5) is 0 Å². The Morgan fingerprint density at radius 3 is 1.93 bits per heavy atom. The van der Waals surface area contributed by atoms with Crippen molar-refractivity contribution in [3.63, 3.8) is 0 Å². The fourth-order valence-electron chi connectivity index (χ4n) is 15.4. The molecular formula is C49H82O19. The minimum absolute atomic E-state index is 0.0187. The Kier molecular flexibility index (Phi) is 14.9. The Morgan fingerprint density at radius 2 is 1.28 bits per heavy atom. The zero-order chi connectivity index (χ0) is 49.8. The van der Waals surface area contributed by atoms with Crippen molar-refractivity contribution in [1.82, 2.24) is 0 Å². The summed E-state index contributed by atoms with van der Waals surface area (Å²) in [7, 11) is 1.74. The summed E-state index contributed by atoms with van der Waals surface area (Å²) in [5.74, 6) is -0.216. The first-order chi connectivity index (χ1) is 31.8. The molecule has 392 valence electrons. The van der Waals surface area contributed by atoms with E-state index in [1.807, 2.05) is 6.92 Å². The number of rotatable bonds is 11. The summed E-state index contributed by atoms with van der Waals surface area (Å²) in [5.41, 5.74) is -1.45. The van der Waals surface area contributed by atoms with Gasteiger partial charge in [0.2, 0.25) is 0 Å². The van der Waals surface area contributed by atoms with Gasteiger partial charge in [-0.2, -0.15) is 0 Å². The molecule has 0 radical (unpaired) electrons. The molecule has 7 fully saturated rings. The molecule has 0 bridgehead atoms. The van der Waals surface area contributed by atoms with Crippen LogP contribution < -0.4 is 0 Å². The molecule has 8 rings (SSSR count). The molecule has 19 heteroatoms. The van der Waals surface area contributed by atoms with Gasteiger partial charge in [-0.3, -0.25) is 0 Å². The molecule has 5 aliphatic carbocycles. The lowest BCUT2D eigenvalue weighted by Gasteiger charge is -2.73. The second-order valence-corrected chi connectivity index (χ2v) is 23.8. The maximum atomic E-state index is 12.2. The number of hydrogen-bond acceptors (Lipinski definition) is 19. The van der Waals surface area contributed by atoms with Gasteiger partial charge in [-0.25, -0.2) is 0 Å². The molecule has 0 aromatic rings. The summed E-state index contributed by atoms with van der Waals surface area (Å²) in [4.78, 5) is 0. The van der Waals surface area contributed by atoms with Gasteiger partial charge < -0.3 is 94.4 Å². The van der Waals surface area contributed by atoms with Crippen molar-refractivity contribution in [2.45, 2.75) is 210 Å². The van der Waals surface area contributed by atoms with Crippen LogP contribution in [0.15, 0.2) is 11.6 Å². The van der Waals surface area contributed by atoms with Crippen molar-refractivity contribution in [3.8, 4) is 0 Å². The smallest absolute Gasteiger partial charge is 0.187 e. The third-order valence-corrected chi connectivity index (χ3v) is 19.8. The molecular weight excluding hydrogens is 893 g/mol. The molecule has 4 saturated carbocycles. The van der Waals surface area contributed by atoms with E-state index in [0.717, 1.165) is 25.7 Å². The van der Waals surface area contributed by atoms with Gasteiger partial charge in [-0.1, -0.05) is 53.2 Å². The van der Waals surface area contributed by atoms with E-state index in [0.29, 0.717) is 25.7 Å². The zero-order valence-corrected chi connectivity index (χ0v) is 40.9. The first-order valence-electron chi connectivity index (χ1n) is 24.9. The molecule has 12 N–H and O–H groups in total. The zero-order valence-electron chi connectivity index (χ0n) is 40.9. The predicted molar refractivity (Wildman–Crippen MR) is 238 cm³/mol. The van der Waals surface area contributed by atoms with Gasteiger partial charge in [0.1, 0.15) is 67.1 Å². The lowest BCUT2D eigenvalue weighted by molar-refractivity contribution is -0.375. The summed E-state index contributed by atoms with van der Waals surface area (Å²) in [5, 5.41) is 131. The van der Waals surface area contributed by atoms with Crippen molar-refractivity contribution in [3.05, 3.63) is 11.6 Å². The first kappa shape index (κ1) is 53.3. The number of allylic oxidation sites excluding steroid dienone is 1. The van der Waals surface area contributed by atoms with E-state index in [2.05, 4.69) is 40.7 Å². The highest BCUT2D eigenvalue weighted by Crippen LogP contribution is 2.76. The largest absolute Gasteiger partial charge is 0.396 e. The lowest BCUT2D eigenvalue weighted by atomic mass is 9.32. The molecule has 3 heterocycles. The van der Waals surface area contributed by atoms with Crippen LogP contribution in [0.5, 0.6) is 0 Å². The summed E-state index contributed by atoms with van der Waals surface area (Å²) in [6, 6.07) is 0. The fraction of sp³-hybridized carbons (Fsp3) is 0.959. The molecule has 68 heavy (non-hydrogen) atoms. The lowest BCUT2D eigenvalue weighted by Crippen LogP contribution is -2.70. The van der Waals surface area contributed by atoms with Crippen molar-refractivity contribution in [1.29, 1.82) is 0 Å². The third kappa shape index (κ3) is 8.21. The number of fused-ring (bicyclic) bond motifs is 7. The first-order valence-corrected chi connectivity index (χ1v) is 24.9. The number of methoxy groups -OCH3 is 1. The summed E-state index contributed by atoms with van der Waals surface area (Å²) < 4.78 is 42.7. The SMILES string of the molecule is CO[C@@H]1C=C2[C@H]3CC(C)(C)CC[C@]3(CO)[C@@H](O)C[C@@]2(C)[C@]2(C)CC[C@@H]3[C@](C)(CO)[C@@H](O[C@@H]4O[C@H](CO[C@@H]5O[C@H](CO)[C@@H](O)[C@H](O)[C@H]5O)[C@@H](O[C@@H]5O[C@@H](C)[C@H](O)[C@@H](O)[C@H]5O)[C@H](O)[C@H]4O)CC[C@]3(C)[C@@H]12. The molecule has 0 spiro atoms. The molecule has 26 atom stereocenters. The van der Waals surface area contributed by atoms with E-state index in [-0.39, 0.29) is 47.9 Å². The number of aliphatic hydroxyl groups excluding tert-OH is 12. The average molecular weight is 975 g/mol. The van der Waals surface area contributed by atoms with Crippen molar-refractivity contribution < 1.29 is 94.4 Å². The molecule has 19 nitrogen and oxygen atoms in total. The Labute approximate surface area is 399 Å². The van der Waals surface area contributed by atoms with Crippen LogP contribution in [0, 0.1) is 50.2 Å². The van der Waals surface area contributed by atoms with Crippen molar-refractivity contribution in [2.24, 2.45) is 50.2 Å². The summed E-state index contributed by atoms with van der Waals surface area (Å²) >= 11 is 0. The van der Waals surface area contributed by atoms with Crippen LogP contribution >= 0.6 is 0 Å². The molecule has 0 aromatic carbocycles. The number of ether oxygens (including phenoxy) is 7. The highest BCUT2D eigenvalue weighted by atomic mass is 16.8. The van der Waals surface area contributed by atoms with E-state index < -0.39 is 139 Å². The van der Waals surface area contributed by atoms with E-state index in [9.17, 15) is 61.3 Å². The Balaban J connectivity index is 1.07. The fourth-order valence-corrected chi connectivity index (χ4v) is 15.4. The second kappa shape index (κ2) is 19.0. The Bertz CT molecular complexity index is 1800. The molecule has 8 aliphatic rings. The minimum Gasteiger partial charge on any atom is -0.396 e. The second-order valence-electron chi connectivity index (χ2n) is 23.8. The van der Waals surface area contributed by atoms with Gasteiger partial charge in [0, 0.05) is 23.9 Å². The third-order valence-electron chi connectivity index (χ3n) is 19.8. The van der Waals surface area contributed by atoms with E-state index >= 15 is 0 Å². The topological polar surface area (TPSA) is 307 Å². The van der Waals surface area contributed by atoms with Gasteiger partial charge in [-0.15, -0.1) is 0 Å². The molecule has 0 unspecified atom stereocenters. The molecule has 0 aromatic heterocycles. The van der Waals surface area contributed by atoms with Gasteiger partial charge in [0.25, 0.3) is 0 Å². The van der Waals surface area contributed by atoms with Crippen LogP contribution in [0.2, 0.25) is 0 Å². The maximum Gasteiger partial charge on any atom is 0.187 e. The van der Waals surface area contributed by atoms with Crippen molar-refractivity contribution >= 4 is 0 Å². The minimum atomic E-state index is -1.83. The van der Waals surface area contributed by atoms with Crippen LogP contribution in [0.3, 0.4) is 0 Å². The van der Waals surface area contributed by atoms with Crippen molar-refractivity contribution in [2.75, 3.05) is 33.5 Å². The standard InChI is InChI=1S/C49H82O19/c1-22-31(54)33(56)37(60)42(64-22)68-39-27(19-63-41-36(59)34(57)32(55)26(18-50)65-41)66-43(38(61)35(39)58)67-30-10-11-45(4)28(46(30,5)20-51)9-12-47(6)40(45)25(62-8)15-23-24-16-44(2,3)13-14-49(24,21-52)29(53)17-48(23,47)7/h15,22,24-43,50-61H,9-14,16-21H2,1-8H3/t22-,24+,25+,26+,27+,28-,29-,30-,31-,32+,33+,34-,35+,36+,37+,38+,39+,40+,41+,42-,43-,45-,46-,47+,48+,49+/m0/s1.